The molecule has 6 heteroatoms. The maximum Gasteiger partial charge on any atom is 0.223 e. The van der Waals surface area contributed by atoms with Gasteiger partial charge in [-0.15, -0.1) is 0 Å². The van der Waals surface area contributed by atoms with E-state index in [0.29, 0.717) is 24.7 Å². The third-order valence-electron chi connectivity index (χ3n) is 5.04. The van der Waals surface area contributed by atoms with Gasteiger partial charge >= 0.3 is 0 Å². The summed E-state index contributed by atoms with van der Waals surface area (Å²) in [6.07, 6.45) is 5.98. The standard InChI is InChI=1S/C21H24N4O2/c1-14-8-9-17-16(13-14)19(25-20(24-17)18-7-4-12-27-18)22-10-11-23-21(26)15-5-2-3-6-15/h4,7-9,12-13,15H,2-3,5-6,10-11H2,1H3,(H,23,26)(H,22,24,25). The average molecular weight is 364 g/mol. The Morgan fingerprint density at radius 1 is 1.19 bits per heavy atom. The SMILES string of the molecule is Cc1ccc2nc(-c3ccco3)nc(NCCNC(=O)C3CCCC3)c2c1. The molecule has 0 unspecified atom stereocenters. The van der Waals surface area contributed by atoms with Gasteiger partial charge in [0, 0.05) is 24.4 Å². The number of nitrogens with one attached hydrogen (secondary N) is 2. The third kappa shape index (κ3) is 3.94. The number of carbonyl (C=O) groups is 1. The summed E-state index contributed by atoms with van der Waals surface area (Å²) in [6.45, 7) is 3.23. The molecule has 0 atom stereocenters. The summed E-state index contributed by atoms with van der Waals surface area (Å²) in [7, 11) is 0. The molecule has 2 aromatic heterocycles. The van der Waals surface area contributed by atoms with Crippen molar-refractivity contribution in [3.8, 4) is 11.6 Å². The topological polar surface area (TPSA) is 80.1 Å². The second-order valence-corrected chi connectivity index (χ2v) is 7.09. The number of furan rings is 1. The van der Waals surface area contributed by atoms with Crippen molar-refractivity contribution < 1.29 is 9.21 Å². The van der Waals surface area contributed by atoms with E-state index < -0.39 is 0 Å². The third-order valence-corrected chi connectivity index (χ3v) is 5.04. The molecular formula is C21H24N4O2. The van der Waals surface area contributed by atoms with E-state index in [1.165, 1.54) is 0 Å². The van der Waals surface area contributed by atoms with Gasteiger partial charge in [0.2, 0.25) is 5.91 Å². The molecule has 27 heavy (non-hydrogen) atoms. The molecule has 6 nitrogen and oxygen atoms in total. The highest BCUT2D eigenvalue weighted by Crippen LogP contribution is 2.26. The Hall–Kier alpha value is -2.89. The molecular weight excluding hydrogens is 340 g/mol. The van der Waals surface area contributed by atoms with Gasteiger partial charge in [0.15, 0.2) is 11.6 Å². The fourth-order valence-electron chi connectivity index (χ4n) is 3.59. The quantitative estimate of drug-likeness (QED) is 0.648. The number of aryl methyl sites for hydroxylation is 1. The first-order valence-electron chi connectivity index (χ1n) is 9.54. The van der Waals surface area contributed by atoms with Crippen LogP contribution in [0.1, 0.15) is 31.2 Å². The highest BCUT2D eigenvalue weighted by atomic mass is 16.3. The molecule has 1 fully saturated rings. The minimum Gasteiger partial charge on any atom is -0.461 e. The maximum atomic E-state index is 12.1. The van der Waals surface area contributed by atoms with Gasteiger partial charge < -0.3 is 15.1 Å². The molecule has 3 aromatic rings. The monoisotopic (exact) mass is 364 g/mol. The molecule has 0 radical (unpaired) electrons. The number of benzene rings is 1. The molecule has 1 aliphatic rings. The van der Waals surface area contributed by atoms with Crippen LogP contribution in [0.4, 0.5) is 5.82 Å². The van der Waals surface area contributed by atoms with E-state index in [2.05, 4.69) is 26.7 Å². The van der Waals surface area contributed by atoms with Crippen molar-refractivity contribution in [2.75, 3.05) is 18.4 Å². The number of anilines is 1. The second kappa shape index (κ2) is 7.78. The molecule has 0 saturated heterocycles. The molecule has 1 aromatic carbocycles. The van der Waals surface area contributed by atoms with Crippen LogP contribution < -0.4 is 10.6 Å². The fourth-order valence-corrected chi connectivity index (χ4v) is 3.59. The Morgan fingerprint density at radius 2 is 2.04 bits per heavy atom. The lowest BCUT2D eigenvalue weighted by molar-refractivity contribution is -0.124. The minimum atomic E-state index is 0.175. The van der Waals surface area contributed by atoms with Crippen LogP contribution in [0.3, 0.4) is 0 Å². The summed E-state index contributed by atoms with van der Waals surface area (Å²) in [5, 5.41) is 7.35. The number of hydrogen-bond donors (Lipinski definition) is 2. The summed E-state index contributed by atoms with van der Waals surface area (Å²) in [6, 6.07) is 9.77. The smallest absolute Gasteiger partial charge is 0.223 e. The Labute approximate surface area is 158 Å². The van der Waals surface area contributed by atoms with Gasteiger partial charge in [-0.2, -0.15) is 0 Å². The van der Waals surface area contributed by atoms with E-state index >= 15 is 0 Å². The molecule has 140 valence electrons. The average Bonchev–Trinajstić information content (AvgIpc) is 3.38. The predicted octanol–water partition coefficient (Wildman–Crippen LogP) is 3.92. The van der Waals surface area contributed by atoms with Crippen LogP contribution >= 0.6 is 0 Å². The van der Waals surface area contributed by atoms with Crippen molar-refractivity contribution in [1.82, 2.24) is 15.3 Å². The van der Waals surface area contributed by atoms with Gasteiger partial charge in [-0.1, -0.05) is 24.5 Å². The van der Waals surface area contributed by atoms with Crippen LogP contribution in [0, 0.1) is 12.8 Å². The van der Waals surface area contributed by atoms with E-state index in [4.69, 9.17) is 4.42 Å². The van der Waals surface area contributed by atoms with Crippen LogP contribution in [-0.4, -0.2) is 29.0 Å². The predicted molar refractivity (Wildman–Crippen MR) is 105 cm³/mol. The molecule has 0 aliphatic heterocycles. The summed E-state index contributed by atoms with van der Waals surface area (Å²) in [4.78, 5) is 21.4. The van der Waals surface area contributed by atoms with Crippen LogP contribution in [0.25, 0.3) is 22.5 Å². The largest absolute Gasteiger partial charge is 0.461 e. The van der Waals surface area contributed by atoms with Crippen LogP contribution in [0.5, 0.6) is 0 Å². The van der Waals surface area contributed by atoms with Crippen molar-refractivity contribution in [2.24, 2.45) is 5.92 Å². The molecule has 2 N–H and O–H groups in total. The first-order valence-corrected chi connectivity index (χ1v) is 9.54. The number of carbonyl (C=O) groups excluding carboxylic acids is 1. The molecule has 0 spiro atoms. The second-order valence-electron chi connectivity index (χ2n) is 7.09. The summed E-state index contributed by atoms with van der Waals surface area (Å²) < 4.78 is 5.45. The Kier molecular flexibility index (Phi) is 5.05. The van der Waals surface area contributed by atoms with Crippen molar-refractivity contribution in [3.63, 3.8) is 0 Å². The number of fused-ring (bicyclic) bond motifs is 1. The molecule has 1 saturated carbocycles. The lowest BCUT2D eigenvalue weighted by atomic mass is 10.1. The summed E-state index contributed by atoms with van der Waals surface area (Å²) >= 11 is 0. The number of aromatic nitrogens is 2. The van der Waals surface area contributed by atoms with E-state index in [1.807, 2.05) is 31.2 Å². The van der Waals surface area contributed by atoms with Gasteiger partial charge in [-0.25, -0.2) is 9.97 Å². The zero-order valence-corrected chi connectivity index (χ0v) is 15.5. The van der Waals surface area contributed by atoms with E-state index in [9.17, 15) is 4.79 Å². The van der Waals surface area contributed by atoms with Crippen LogP contribution in [0.15, 0.2) is 41.0 Å². The zero-order valence-electron chi connectivity index (χ0n) is 15.5. The van der Waals surface area contributed by atoms with Crippen molar-refractivity contribution >= 4 is 22.6 Å². The number of amides is 1. The minimum absolute atomic E-state index is 0.175. The number of nitrogens with zero attached hydrogens (tertiary/aromatic N) is 2. The normalized spacial score (nSPS) is 14.6. The molecule has 1 amide bonds. The molecule has 1 aliphatic carbocycles. The Bertz CT molecular complexity index is 931. The number of hydrogen-bond acceptors (Lipinski definition) is 5. The molecule has 2 heterocycles. The molecule has 4 rings (SSSR count). The van der Waals surface area contributed by atoms with Crippen molar-refractivity contribution in [2.45, 2.75) is 32.6 Å². The van der Waals surface area contributed by atoms with E-state index in [0.717, 1.165) is 48.0 Å². The van der Waals surface area contributed by atoms with Crippen LogP contribution in [0.2, 0.25) is 0 Å². The lowest BCUT2D eigenvalue weighted by Gasteiger charge is -2.13. The van der Waals surface area contributed by atoms with Gasteiger partial charge in [0.1, 0.15) is 5.82 Å². The number of rotatable bonds is 6. The highest BCUT2D eigenvalue weighted by Gasteiger charge is 2.22. The first kappa shape index (κ1) is 17.5. The zero-order chi connectivity index (χ0) is 18.6. The van der Waals surface area contributed by atoms with E-state index in [-0.39, 0.29) is 11.8 Å². The van der Waals surface area contributed by atoms with Gasteiger partial charge in [-0.05, 0) is 44.0 Å². The summed E-state index contributed by atoms with van der Waals surface area (Å²) in [5.74, 6) is 2.31. The summed E-state index contributed by atoms with van der Waals surface area (Å²) in [5.41, 5.74) is 2.01. The van der Waals surface area contributed by atoms with Crippen molar-refractivity contribution in [3.05, 3.63) is 42.2 Å². The van der Waals surface area contributed by atoms with Gasteiger partial charge in [-0.3, -0.25) is 4.79 Å². The van der Waals surface area contributed by atoms with Crippen LogP contribution in [-0.2, 0) is 4.79 Å². The Morgan fingerprint density at radius 3 is 2.81 bits per heavy atom. The van der Waals surface area contributed by atoms with E-state index in [1.54, 1.807) is 6.26 Å². The van der Waals surface area contributed by atoms with Crippen molar-refractivity contribution in [1.29, 1.82) is 0 Å². The fraction of sp³-hybridized carbons (Fsp3) is 0.381. The first-order chi connectivity index (χ1) is 13.2. The lowest BCUT2D eigenvalue weighted by Crippen LogP contribution is -2.33. The Balaban J connectivity index is 1.49. The molecule has 0 bridgehead atoms. The van der Waals surface area contributed by atoms with Gasteiger partial charge in [0.05, 0.1) is 11.8 Å². The maximum absolute atomic E-state index is 12.1. The van der Waals surface area contributed by atoms with Gasteiger partial charge in [0.25, 0.3) is 0 Å². The highest BCUT2D eigenvalue weighted by molar-refractivity contribution is 5.91.